The van der Waals surface area contributed by atoms with Crippen molar-refractivity contribution < 1.29 is 37.0 Å². The number of nitrogens with zero attached hydrogens (tertiary/aromatic N) is 2. The van der Waals surface area contributed by atoms with Crippen LogP contribution in [0, 0.1) is 5.92 Å². The van der Waals surface area contributed by atoms with Crippen LogP contribution in [0.15, 0.2) is 94.7 Å². The number of aromatic nitrogens is 1. The number of hydrogen-bond donors (Lipinski definition) is 1. The Labute approximate surface area is 285 Å². The van der Waals surface area contributed by atoms with E-state index in [9.17, 15) is 32.3 Å². The smallest absolute Gasteiger partial charge is 0.416 e. The van der Waals surface area contributed by atoms with Crippen LogP contribution in [0.3, 0.4) is 0 Å². The van der Waals surface area contributed by atoms with E-state index < -0.39 is 51.4 Å². The lowest BCUT2D eigenvalue weighted by atomic mass is 9.83. The highest BCUT2D eigenvalue weighted by atomic mass is 32.2. The summed E-state index contributed by atoms with van der Waals surface area (Å²) in [7, 11) is 2.90. The van der Waals surface area contributed by atoms with E-state index in [1.54, 1.807) is 30.3 Å². The Morgan fingerprint density at radius 2 is 1.61 bits per heavy atom. The Morgan fingerprint density at radius 1 is 0.878 bits per heavy atom. The highest BCUT2D eigenvalue weighted by Gasteiger charge is 2.57. The van der Waals surface area contributed by atoms with Crippen LogP contribution in [0.1, 0.15) is 21.9 Å². The molecule has 2 aliphatic heterocycles. The van der Waals surface area contributed by atoms with E-state index in [4.69, 9.17) is 9.47 Å². The van der Waals surface area contributed by atoms with Gasteiger partial charge in [0.25, 0.3) is 0 Å². The number of thiazole rings is 1. The molecule has 7 rings (SSSR count). The molecular formula is C35H26F3N3O6S2. The normalized spacial score (nSPS) is 18.7. The molecule has 1 fully saturated rings. The van der Waals surface area contributed by atoms with Crippen LogP contribution in [0.25, 0.3) is 10.8 Å². The Morgan fingerprint density at radius 3 is 2.37 bits per heavy atom. The molecule has 1 aromatic heterocycles. The van der Waals surface area contributed by atoms with Gasteiger partial charge >= 0.3 is 11.0 Å². The van der Waals surface area contributed by atoms with E-state index in [0.717, 1.165) is 57.0 Å². The Balaban J connectivity index is 1.31. The number of amides is 3. The predicted molar refractivity (Wildman–Crippen MR) is 180 cm³/mol. The number of nitrogens with one attached hydrogen (secondary N) is 1. The second-order valence-electron chi connectivity index (χ2n) is 11.4. The maximum Gasteiger partial charge on any atom is 0.416 e. The van der Waals surface area contributed by atoms with Gasteiger partial charge in [0.15, 0.2) is 11.5 Å². The molecule has 0 aliphatic carbocycles. The molecule has 9 nitrogen and oxygen atoms in total. The van der Waals surface area contributed by atoms with Gasteiger partial charge in [0.2, 0.25) is 17.7 Å². The molecule has 14 heteroatoms. The summed E-state index contributed by atoms with van der Waals surface area (Å²) in [6.07, 6.45) is -4.70. The molecule has 49 heavy (non-hydrogen) atoms. The van der Waals surface area contributed by atoms with Gasteiger partial charge in [-0.3, -0.25) is 23.7 Å². The molecule has 250 valence electrons. The highest BCUT2D eigenvalue weighted by Crippen LogP contribution is 2.54. The number of imide groups is 1. The maximum atomic E-state index is 14.2. The van der Waals surface area contributed by atoms with Crippen LogP contribution in [0.5, 0.6) is 11.5 Å². The fourth-order valence-corrected chi connectivity index (χ4v) is 9.18. The lowest BCUT2D eigenvalue weighted by Crippen LogP contribution is -2.33. The number of halogens is 3. The van der Waals surface area contributed by atoms with E-state index in [1.807, 2.05) is 30.3 Å². The van der Waals surface area contributed by atoms with Gasteiger partial charge in [0.05, 0.1) is 36.4 Å². The molecular weight excluding hydrogens is 680 g/mol. The quantitative estimate of drug-likeness (QED) is 0.192. The molecule has 0 bridgehead atoms. The van der Waals surface area contributed by atoms with Gasteiger partial charge in [-0.25, -0.2) is 4.90 Å². The molecule has 0 radical (unpaired) electrons. The van der Waals surface area contributed by atoms with Crippen molar-refractivity contribution in [3.8, 4) is 11.5 Å². The molecule has 5 aromatic rings. The fraction of sp³-hybridized carbons (Fsp3) is 0.200. The van der Waals surface area contributed by atoms with E-state index in [1.165, 1.54) is 24.9 Å². The maximum absolute atomic E-state index is 14.2. The van der Waals surface area contributed by atoms with Crippen molar-refractivity contribution in [1.82, 2.24) is 4.57 Å². The summed E-state index contributed by atoms with van der Waals surface area (Å²) in [6.45, 7) is -0.379. The van der Waals surface area contributed by atoms with Crippen molar-refractivity contribution in [3.63, 3.8) is 0 Å². The number of hydrogen-bond acceptors (Lipinski definition) is 8. The topological polar surface area (TPSA) is 107 Å². The monoisotopic (exact) mass is 705 g/mol. The molecule has 2 unspecified atom stereocenters. The first kappa shape index (κ1) is 32.5. The molecule has 3 heterocycles. The highest BCUT2D eigenvalue weighted by molar-refractivity contribution is 8.00. The number of alkyl halides is 3. The van der Waals surface area contributed by atoms with E-state index >= 15 is 0 Å². The second-order valence-corrected chi connectivity index (χ2v) is 13.5. The van der Waals surface area contributed by atoms with E-state index in [-0.39, 0.29) is 12.2 Å². The second kappa shape index (κ2) is 12.4. The largest absolute Gasteiger partial charge is 0.493 e. The van der Waals surface area contributed by atoms with Gasteiger partial charge < -0.3 is 14.8 Å². The minimum Gasteiger partial charge on any atom is -0.493 e. The zero-order valence-electron chi connectivity index (χ0n) is 25.8. The summed E-state index contributed by atoms with van der Waals surface area (Å²) in [5.41, 5.74) is -0.130. The first-order valence-electron chi connectivity index (χ1n) is 14.9. The number of benzene rings is 4. The average Bonchev–Trinajstić information content (AvgIpc) is 3.53. The van der Waals surface area contributed by atoms with Gasteiger partial charge in [-0.15, -0.1) is 0 Å². The third-order valence-electron chi connectivity index (χ3n) is 8.61. The van der Waals surface area contributed by atoms with Crippen LogP contribution in [0.2, 0.25) is 0 Å². The first-order valence-corrected chi connectivity index (χ1v) is 16.6. The van der Waals surface area contributed by atoms with Crippen molar-refractivity contribution in [1.29, 1.82) is 0 Å². The average molecular weight is 706 g/mol. The molecule has 0 spiro atoms. The van der Waals surface area contributed by atoms with Gasteiger partial charge in [-0.05, 0) is 47.3 Å². The number of methoxy groups -OCH3 is 2. The Bertz CT molecular complexity index is 2210. The Kier molecular flexibility index (Phi) is 8.23. The third kappa shape index (κ3) is 5.64. The summed E-state index contributed by atoms with van der Waals surface area (Å²) in [5, 5.41) is 3.84. The van der Waals surface area contributed by atoms with E-state index in [0.29, 0.717) is 32.7 Å². The van der Waals surface area contributed by atoms with Gasteiger partial charge in [-0.2, -0.15) is 13.2 Å². The van der Waals surface area contributed by atoms with Crippen molar-refractivity contribution in [2.24, 2.45) is 5.92 Å². The van der Waals surface area contributed by atoms with Crippen molar-refractivity contribution >= 4 is 63.0 Å². The van der Waals surface area contributed by atoms with Crippen LogP contribution >= 0.6 is 23.1 Å². The molecule has 3 atom stereocenters. The lowest BCUT2D eigenvalue weighted by Gasteiger charge is -2.31. The molecule has 1 saturated heterocycles. The van der Waals surface area contributed by atoms with Crippen molar-refractivity contribution in [2.75, 3.05) is 24.4 Å². The zero-order valence-corrected chi connectivity index (χ0v) is 27.4. The molecule has 4 aromatic carbocycles. The number of ether oxygens (including phenoxy) is 2. The number of carbonyl (C=O) groups excluding carboxylic acids is 3. The summed E-state index contributed by atoms with van der Waals surface area (Å²) in [6, 6.07) is 22.0. The van der Waals surface area contributed by atoms with Gasteiger partial charge in [0.1, 0.15) is 11.8 Å². The van der Waals surface area contributed by atoms with Gasteiger partial charge in [0, 0.05) is 21.9 Å². The SMILES string of the molecule is COc1ccc([C@H]2c3sc(=O)n(CC(=O)Nc4cccc5ccccc45)c3SC3C(=O)N(c4cccc(C(F)(F)F)c4)C(=O)C32)cc1OC. The van der Waals surface area contributed by atoms with Crippen LogP contribution in [-0.4, -0.2) is 41.8 Å². The minimum atomic E-state index is -4.70. The molecule has 0 saturated carbocycles. The predicted octanol–water partition coefficient (Wildman–Crippen LogP) is 6.53. The Hall–Kier alpha value is -5.08. The number of fused-ring (bicyclic) bond motifs is 3. The van der Waals surface area contributed by atoms with E-state index in [2.05, 4.69) is 5.32 Å². The standard InChI is InChI=1S/C35H26F3N3O6S2/c1-46-24-14-13-19(15-25(24)47-2)27-28-29(32(44)41(31(28)43)21-10-6-9-20(16-21)35(36,37)38)48-33-30(27)49-34(45)40(33)17-26(42)39-23-12-5-8-18-7-3-4-11-22(18)23/h3-16,27-29H,17H2,1-2H3,(H,39,42)/t27-,28?,29?/m1/s1. The van der Waals surface area contributed by atoms with Crippen LogP contribution < -0.4 is 24.6 Å². The fourth-order valence-electron chi connectivity index (χ4n) is 6.40. The molecule has 1 N–H and O–H groups in total. The first-order chi connectivity index (χ1) is 23.5. The number of carbonyl (C=O) groups is 3. The summed E-state index contributed by atoms with van der Waals surface area (Å²) >= 11 is 1.82. The number of anilines is 2. The number of rotatable bonds is 7. The molecule has 3 amide bonds. The zero-order chi connectivity index (χ0) is 34.6. The van der Waals surface area contributed by atoms with Crippen LogP contribution in [-0.2, 0) is 27.1 Å². The summed E-state index contributed by atoms with van der Waals surface area (Å²) < 4.78 is 53.0. The third-order valence-corrected chi connectivity index (χ3v) is 11.2. The molecule has 2 aliphatic rings. The van der Waals surface area contributed by atoms with Crippen molar-refractivity contribution in [2.45, 2.75) is 28.9 Å². The van der Waals surface area contributed by atoms with Gasteiger partial charge in [-0.1, -0.05) is 71.6 Å². The summed E-state index contributed by atoms with van der Waals surface area (Å²) in [5.74, 6) is -3.10. The van der Waals surface area contributed by atoms with Crippen molar-refractivity contribution in [3.05, 3.63) is 111 Å². The number of thioether (sulfide) groups is 1. The minimum absolute atomic E-state index is 0.207. The summed E-state index contributed by atoms with van der Waals surface area (Å²) in [4.78, 5) is 56.0. The van der Waals surface area contributed by atoms with Crippen LogP contribution in [0.4, 0.5) is 24.5 Å². The lowest BCUT2D eigenvalue weighted by molar-refractivity contribution is -0.137.